The molecule has 2 fully saturated rings. The van der Waals surface area contributed by atoms with E-state index in [0.717, 1.165) is 56.1 Å². The molecule has 9 heteroatoms. The number of alkyl halides is 2. The van der Waals surface area contributed by atoms with Crippen LogP contribution in [0, 0.1) is 22.7 Å². The summed E-state index contributed by atoms with van der Waals surface area (Å²) in [6.45, 7) is 0. The number of ketones is 1. The van der Waals surface area contributed by atoms with Crippen LogP contribution in [0.5, 0.6) is 0 Å². The van der Waals surface area contributed by atoms with Gasteiger partial charge in [-0.3, -0.25) is 9.59 Å². The molecule has 7 nitrogen and oxygen atoms in total. The van der Waals surface area contributed by atoms with Crippen molar-refractivity contribution in [2.45, 2.75) is 76.7 Å². The number of allylic oxidation sites excluding steroid dienone is 2. The fourth-order valence-electron chi connectivity index (χ4n) is 5.38. The molecule has 2 unspecified atom stereocenters. The summed E-state index contributed by atoms with van der Waals surface area (Å²) in [4.78, 5) is 25.9. The van der Waals surface area contributed by atoms with Crippen LogP contribution in [0.15, 0.2) is 34.3 Å². The summed E-state index contributed by atoms with van der Waals surface area (Å²) in [6.07, 6.45) is 7.07. The minimum atomic E-state index is -2.85. The van der Waals surface area contributed by atoms with Gasteiger partial charge in [-0.1, -0.05) is 25.0 Å². The highest BCUT2D eigenvalue weighted by Crippen LogP contribution is 2.48. The monoisotopic (exact) mass is 494 g/mol. The molecule has 3 aliphatic carbocycles. The molecular weight excluding hydrogens is 466 g/mol. The average molecular weight is 495 g/mol. The summed E-state index contributed by atoms with van der Waals surface area (Å²) in [5.74, 6) is -0.623. The van der Waals surface area contributed by atoms with Crippen molar-refractivity contribution < 1.29 is 22.8 Å². The van der Waals surface area contributed by atoms with Crippen molar-refractivity contribution in [2.24, 2.45) is 11.3 Å². The molecule has 1 heterocycles. The van der Waals surface area contributed by atoms with Gasteiger partial charge in [0.15, 0.2) is 5.78 Å². The third-order valence-electron chi connectivity index (χ3n) is 7.72. The molecule has 36 heavy (non-hydrogen) atoms. The van der Waals surface area contributed by atoms with E-state index in [1.54, 1.807) is 18.2 Å². The second-order valence-electron chi connectivity index (χ2n) is 10.2. The highest BCUT2D eigenvalue weighted by molar-refractivity contribution is 6.11. The number of amides is 1. The Bertz CT molecular complexity index is 1240. The molecule has 2 aromatic rings. The summed E-state index contributed by atoms with van der Waals surface area (Å²) in [5, 5.41) is 19.5. The first-order chi connectivity index (χ1) is 17.4. The number of aromatic nitrogens is 2. The van der Waals surface area contributed by atoms with E-state index in [9.17, 15) is 23.6 Å². The first-order valence-electron chi connectivity index (χ1n) is 12.6. The zero-order valence-corrected chi connectivity index (χ0v) is 19.9. The van der Waals surface area contributed by atoms with Crippen molar-refractivity contribution in [3.8, 4) is 17.5 Å². The number of hydrogen-bond donors (Lipinski definition) is 1. The number of halogens is 2. The Balaban J connectivity index is 1.23. The number of nitrogens with one attached hydrogen (secondary N) is 1. The molecule has 1 aromatic heterocycles. The van der Waals surface area contributed by atoms with E-state index < -0.39 is 17.7 Å². The maximum Gasteiger partial charge on any atom is 0.314 e. The number of fused-ring (bicyclic) bond motifs is 1. The van der Waals surface area contributed by atoms with E-state index in [0.29, 0.717) is 24.0 Å². The molecule has 2 saturated carbocycles. The summed E-state index contributed by atoms with van der Waals surface area (Å²) in [7, 11) is 0. The van der Waals surface area contributed by atoms with Gasteiger partial charge in [0.05, 0.1) is 11.5 Å². The van der Waals surface area contributed by atoms with Crippen LogP contribution in [0.2, 0.25) is 0 Å². The first kappa shape index (κ1) is 24.3. The van der Waals surface area contributed by atoms with E-state index in [1.165, 1.54) is 0 Å². The van der Waals surface area contributed by atoms with Crippen LogP contribution in [0.1, 0.15) is 86.0 Å². The summed E-state index contributed by atoms with van der Waals surface area (Å²) in [6, 6.07) is 7.48. The van der Waals surface area contributed by atoms with Crippen LogP contribution in [0.25, 0.3) is 11.5 Å². The normalized spacial score (nSPS) is 22.5. The number of benzene rings is 1. The quantitative estimate of drug-likeness (QED) is 0.520. The molecule has 5 rings (SSSR count). The van der Waals surface area contributed by atoms with Crippen LogP contribution in [-0.4, -0.2) is 27.9 Å². The molecule has 2 atom stereocenters. The molecule has 0 aliphatic heterocycles. The number of rotatable bonds is 8. The standard InChI is InChI=1S/C27H28F2N4O3/c28-24(29)26-33-32-25(36-26)19-10-6-16-5-8-18(23(35)20(16)13-19)9-7-17-3-1-2-4-21(17)31-22(34)14-27(15-30)11-12-27/h6,8,10,13,17,21,24H,1-5,7,9,11-12,14H2,(H,31,34). The number of carbonyl (C=O) groups excluding carboxylic acids is 2. The van der Waals surface area contributed by atoms with Crippen molar-refractivity contribution in [2.75, 3.05) is 0 Å². The number of hydrogen-bond acceptors (Lipinski definition) is 6. The maximum atomic E-state index is 13.3. The van der Waals surface area contributed by atoms with Crippen LogP contribution in [0.4, 0.5) is 8.78 Å². The van der Waals surface area contributed by atoms with Gasteiger partial charge in [0.1, 0.15) is 0 Å². The predicted molar refractivity (Wildman–Crippen MR) is 126 cm³/mol. The van der Waals surface area contributed by atoms with Crippen LogP contribution in [-0.2, 0) is 11.2 Å². The van der Waals surface area contributed by atoms with Crippen LogP contribution in [0.3, 0.4) is 0 Å². The SMILES string of the molecule is N#CC1(CC(=O)NC2CCCCC2CCC2=CCc3ccc(-c4nnc(C(F)F)o4)cc3C2=O)CC1. The topological polar surface area (TPSA) is 109 Å². The molecule has 1 N–H and O–H groups in total. The lowest BCUT2D eigenvalue weighted by molar-refractivity contribution is -0.123. The molecule has 3 aliphatic rings. The first-order valence-corrected chi connectivity index (χ1v) is 12.6. The highest BCUT2D eigenvalue weighted by atomic mass is 19.3. The van der Waals surface area contributed by atoms with E-state index in [2.05, 4.69) is 21.6 Å². The lowest BCUT2D eigenvalue weighted by Gasteiger charge is -2.33. The summed E-state index contributed by atoms with van der Waals surface area (Å²) in [5.41, 5.74) is 2.11. The van der Waals surface area contributed by atoms with Crippen molar-refractivity contribution in [1.82, 2.24) is 15.5 Å². The summed E-state index contributed by atoms with van der Waals surface area (Å²) < 4.78 is 30.7. The molecule has 0 radical (unpaired) electrons. The Kier molecular flexibility index (Phi) is 6.69. The number of nitriles is 1. The smallest absolute Gasteiger partial charge is 0.314 e. The summed E-state index contributed by atoms with van der Waals surface area (Å²) >= 11 is 0. The van der Waals surface area contributed by atoms with Crippen molar-refractivity contribution in [3.05, 3.63) is 46.9 Å². The number of carbonyl (C=O) groups is 2. The van der Waals surface area contributed by atoms with Crippen molar-refractivity contribution in [1.29, 1.82) is 5.26 Å². The Morgan fingerprint density at radius 2 is 2.06 bits per heavy atom. The second kappa shape index (κ2) is 9.92. The van der Waals surface area contributed by atoms with Gasteiger partial charge in [-0.25, -0.2) is 0 Å². The number of nitrogens with zero attached hydrogens (tertiary/aromatic N) is 3. The predicted octanol–water partition coefficient (Wildman–Crippen LogP) is 5.49. The fourth-order valence-corrected chi connectivity index (χ4v) is 5.38. The Labute approximate surface area is 208 Å². The largest absolute Gasteiger partial charge is 0.415 e. The Morgan fingerprint density at radius 3 is 2.78 bits per heavy atom. The van der Waals surface area contributed by atoms with Crippen LogP contribution < -0.4 is 5.32 Å². The van der Waals surface area contributed by atoms with Crippen LogP contribution >= 0.6 is 0 Å². The second-order valence-corrected chi connectivity index (χ2v) is 10.2. The lowest BCUT2D eigenvalue weighted by Crippen LogP contribution is -2.42. The average Bonchev–Trinajstić information content (AvgIpc) is 3.46. The van der Waals surface area contributed by atoms with E-state index in [4.69, 9.17) is 4.42 Å². The fraction of sp³-hybridized carbons (Fsp3) is 0.519. The molecular formula is C27H28F2N4O3. The molecule has 0 spiro atoms. The molecule has 1 aromatic carbocycles. The van der Waals surface area contributed by atoms with Gasteiger partial charge < -0.3 is 9.73 Å². The minimum Gasteiger partial charge on any atom is -0.415 e. The van der Waals surface area contributed by atoms with E-state index in [-0.39, 0.29) is 36.0 Å². The van der Waals surface area contributed by atoms with Gasteiger partial charge in [-0.2, -0.15) is 14.0 Å². The molecule has 0 saturated heterocycles. The molecule has 1 amide bonds. The lowest BCUT2D eigenvalue weighted by atomic mass is 9.79. The number of Topliss-reactive ketones (excluding diaryl/α,β-unsaturated/α-hetero) is 1. The third kappa shape index (κ3) is 5.08. The Hall–Kier alpha value is -3.41. The van der Waals surface area contributed by atoms with Gasteiger partial charge in [0.2, 0.25) is 11.8 Å². The van der Waals surface area contributed by atoms with Gasteiger partial charge in [0, 0.05) is 23.6 Å². The molecule has 0 bridgehead atoms. The maximum absolute atomic E-state index is 13.3. The zero-order valence-electron chi connectivity index (χ0n) is 19.9. The van der Waals surface area contributed by atoms with E-state index >= 15 is 0 Å². The highest BCUT2D eigenvalue weighted by Gasteiger charge is 2.45. The molecule has 188 valence electrons. The Morgan fingerprint density at radius 1 is 1.25 bits per heavy atom. The van der Waals surface area contributed by atoms with Gasteiger partial charge in [0.25, 0.3) is 5.89 Å². The minimum absolute atomic E-state index is 0.0397. The van der Waals surface area contributed by atoms with Gasteiger partial charge >= 0.3 is 6.43 Å². The third-order valence-corrected chi connectivity index (χ3v) is 7.72. The van der Waals surface area contributed by atoms with Crippen molar-refractivity contribution in [3.63, 3.8) is 0 Å². The van der Waals surface area contributed by atoms with Gasteiger partial charge in [-0.05, 0) is 74.1 Å². The zero-order chi connectivity index (χ0) is 25.3. The van der Waals surface area contributed by atoms with Crippen molar-refractivity contribution >= 4 is 11.7 Å². The van der Waals surface area contributed by atoms with Gasteiger partial charge in [-0.15, -0.1) is 10.2 Å². The van der Waals surface area contributed by atoms with E-state index in [1.807, 2.05) is 6.08 Å².